The van der Waals surface area contributed by atoms with Crippen molar-refractivity contribution in [2.24, 2.45) is 0 Å². The lowest BCUT2D eigenvalue weighted by Crippen LogP contribution is -2.34. The van der Waals surface area contributed by atoms with Crippen LogP contribution in [0.25, 0.3) is 0 Å². The summed E-state index contributed by atoms with van der Waals surface area (Å²) < 4.78 is 0. The molecule has 0 saturated carbocycles. The minimum atomic E-state index is 0.246. The number of H-pyrrole nitrogens is 1. The molecule has 3 unspecified atom stereocenters. The predicted molar refractivity (Wildman–Crippen MR) is 58.4 cm³/mol. The maximum atomic E-state index is 4.15. The molecule has 0 bridgehead atoms. The molecule has 0 amide bonds. The van der Waals surface area contributed by atoms with Crippen LogP contribution < -0.4 is 5.32 Å². The molecule has 1 aromatic heterocycles. The fourth-order valence-electron chi connectivity index (χ4n) is 2.17. The van der Waals surface area contributed by atoms with E-state index in [0.717, 1.165) is 12.4 Å². The zero-order valence-electron chi connectivity index (χ0n) is 9.57. The van der Waals surface area contributed by atoms with Gasteiger partial charge in [-0.1, -0.05) is 0 Å². The molecule has 0 radical (unpaired) electrons. The van der Waals surface area contributed by atoms with Crippen molar-refractivity contribution in [3.8, 4) is 0 Å². The average Bonchev–Trinajstić information content (AvgIpc) is 2.77. The Hall–Kier alpha value is -0.940. The van der Waals surface area contributed by atoms with Gasteiger partial charge in [0.1, 0.15) is 12.2 Å². The third kappa shape index (κ3) is 2.35. The maximum Gasteiger partial charge on any atom is 0.141 e. The van der Waals surface area contributed by atoms with Crippen LogP contribution in [0.1, 0.15) is 32.1 Å². The summed E-state index contributed by atoms with van der Waals surface area (Å²) in [7, 11) is 2.17. The number of hydrogen-bond donors (Lipinski definition) is 2. The number of rotatable bonds is 3. The van der Waals surface area contributed by atoms with E-state index in [1.165, 1.54) is 6.42 Å². The minimum absolute atomic E-state index is 0.246. The van der Waals surface area contributed by atoms with Gasteiger partial charge in [0.15, 0.2) is 0 Å². The number of nitrogens with zero attached hydrogens (tertiary/aromatic N) is 3. The second-order valence-corrected chi connectivity index (χ2v) is 4.48. The molecule has 84 valence electrons. The van der Waals surface area contributed by atoms with Crippen LogP contribution in [0, 0.1) is 0 Å². The van der Waals surface area contributed by atoms with Crippen LogP contribution in [-0.2, 0) is 0 Å². The van der Waals surface area contributed by atoms with Gasteiger partial charge < -0.3 is 10.2 Å². The minimum Gasteiger partial charge on any atom is -0.303 e. The Bertz CT molecular complexity index is 287. The normalized spacial score (nSPS) is 29.5. The largest absolute Gasteiger partial charge is 0.303 e. The Morgan fingerprint density at radius 2 is 2.47 bits per heavy atom. The monoisotopic (exact) mass is 209 g/mol. The molecular weight excluding hydrogens is 190 g/mol. The third-order valence-electron chi connectivity index (χ3n) is 3.22. The highest BCUT2D eigenvalue weighted by molar-refractivity contribution is 4.93. The van der Waals surface area contributed by atoms with Crippen LogP contribution in [0.2, 0.25) is 0 Å². The van der Waals surface area contributed by atoms with Crippen molar-refractivity contribution in [3.63, 3.8) is 0 Å². The number of aromatic nitrogens is 3. The number of likely N-dealkylation sites (N-methyl/N-ethyl adjacent to an activating group) is 1. The van der Waals surface area contributed by atoms with E-state index in [9.17, 15) is 0 Å². The zero-order chi connectivity index (χ0) is 10.8. The molecule has 1 saturated heterocycles. The van der Waals surface area contributed by atoms with E-state index in [2.05, 4.69) is 46.3 Å². The zero-order valence-corrected chi connectivity index (χ0v) is 9.57. The molecule has 1 aromatic rings. The number of nitrogens with one attached hydrogen (secondary N) is 2. The lowest BCUT2D eigenvalue weighted by Gasteiger charge is -2.17. The van der Waals surface area contributed by atoms with Crippen molar-refractivity contribution < 1.29 is 0 Å². The highest BCUT2D eigenvalue weighted by atomic mass is 15.2. The number of aromatic amines is 1. The highest BCUT2D eigenvalue weighted by Gasteiger charge is 2.27. The van der Waals surface area contributed by atoms with Gasteiger partial charge in [0.05, 0.1) is 6.04 Å². The lowest BCUT2D eigenvalue weighted by atomic mass is 10.1. The van der Waals surface area contributed by atoms with Crippen LogP contribution in [0.3, 0.4) is 0 Å². The molecule has 1 aliphatic heterocycles. The summed E-state index contributed by atoms with van der Waals surface area (Å²) in [4.78, 5) is 6.53. The van der Waals surface area contributed by atoms with E-state index in [1.807, 2.05) is 0 Å². The van der Waals surface area contributed by atoms with E-state index in [-0.39, 0.29) is 6.04 Å². The molecule has 0 aliphatic carbocycles. The van der Waals surface area contributed by atoms with Crippen LogP contribution in [0.15, 0.2) is 6.33 Å². The Kier molecular flexibility index (Phi) is 3.02. The average molecular weight is 209 g/mol. The molecule has 2 heterocycles. The summed E-state index contributed by atoms with van der Waals surface area (Å²) in [5.41, 5.74) is 0. The fraction of sp³-hybridized carbons (Fsp3) is 0.800. The van der Waals surface area contributed by atoms with Gasteiger partial charge in [0, 0.05) is 18.6 Å². The highest BCUT2D eigenvalue weighted by Crippen LogP contribution is 2.17. The standard InChI is InChI=1S/C10H19N5/c1-7-4-9(5-15(7)3)13-8(2)10-11-6-12-14-10/h6-9,13H,4-5H2,1-3H3,(H,11,12,14). The Morgan fingerprint density at radius 1 is 1.67 bits per heavy atom. The van der Waals surface area contributed by atoms with Crippen molar-refractivity contribution >= 4 is 0 Å². The summed E-state index contributed by atoms with van der Waals surface area (Å²) in [5, 5.41) is 10.3. The molecule has 5 nitrogen and oxygen atoms in total. The molecule has 1 fully saturated rings. The SMILES string of the molecule is CC(NC1CC(C)N(C)C1)c1ncn[nH]1. The Labute approximate surface area is 90.3 Å². The van der Waals surface area contributed by atoms with Crippen LogP contribution in [-0.4, -0.2) is 45.8 Å². The van der Waals surface area contributed by atoms with E-state index in [0.29, 0.717) is 12.1 Å². The Morgan fingerprint density at radius 3 is 3.00 bits per heavy atom. The molecule has 0 aromatic carbocycles. The van der Waals surface area contributed by atoms with Crippen molar-refractivity contribution in [1.29, 1.82) is 0 Å². The third-order valence-corrected chi connectivity index (χ3v) is 3.22. The van der Waals surface area contributed by atoms with Gasteiger partial charge in [0.2, 0.25) is 0 Å². The Balaban J connectivity index is 1.88. The fourth-order valence-corrected chi connectivity index (χ4v) is 2.17. The van der Waals surface area contributed by atoms with E-state index < -0.39 is 0 Å². The van der Waals surface area contributed by atoms with Gasteiger partial charge in [-0.15, -0.1) is 0 Å². The summed E-state index contributed by atoms with van der Waals surface area (Å²) in [6, 6.07) is 1.48. The lowest BCUT2D eigenvalue weighted by molar-refractivity contribution is 0.324. The molecule has 15 heavy (non-hydrogen) atoms. The van der Waals surface area contributed by atoms with Crippen molar-refractivity contribution in [1.82, 2.24) is 25.4 Å². The number of likely N-dealkylation sites (tertiary alicyclic amines) is 1. The molecular formula is C10H19N5. The summed E-state index contributed by atoms with van der Waals surface area (Å²) in [6.45, 7) is 5.49. The van der Waals surface area contributed by atoms with Gasteiger partial charge in [-0.05, 0) is 27.3 Å². The maximum absolute atomic E-state index is 4.15. The summed E-state index contributed by atoms with van der Waals surface area (Å²) in [6.07, 6.45) is 2.76. The molecule has 2 rings (SSSR count). The van der Waals surface area contributed by atoms with Crippen molar-refractivity contribution in [2.75, 3.05) is 13.6 Å². The first-order chi connectivity index (χ1) is 7.16. The van der Waals surface area contributed by atoms with E-state index in [1.54, 1.807) is 6.33 Å². The van der Waals surface area contributed by atoms with Gasteiger partial charge in [-0.3, -0.25) is 5.10 Å². The smallest absolute Gasteiger partial charge is 0.141 e. The molecule has 3 atom stereocenters. The van der Waals surface area contributed by atoms with Gasteiger partial charge in [-0.25, -0.2) is 4.98 Å². The van der Waals surface area contributed by atoms with Crippen LogP contribution >= 0.6 is 0 Å². The van der Waals surface area contributed by atoms with Gasteiger partial charge >= 0.3 is 0 Å². The number of hydrogen-bond acceptors (Lipinski definition) is 4. The van der Waals surface area contributed by atoms with E-state index in [4.69, 9.17) is 0 Å². The second-order valence-electron chi connectivity index (χ2n) is 4.48. The van der Waals surface area contributed by atoms with Crippen LogP contribution in [0.4, 0.5) is 0 Å². The first kappa shape index (κ1) is 10.6. The van der Waals surface area contributed by atoms with Crippen molar-refractivity contribution in [3.05, 3.63) is 12.2 Å². The first-order valence-corrected chi connectivity index (χ1v) is 5.48. The summed E-state index contributed by atoms with van der Waals surface area (Å²) >= 11 is 0. The van der Waals surface area contributed by atoms with E-state index >= 15 is 0 Å². The van der Waals surface area contributed by atoms with Gasteiger partial charge in [-0.2, -0.15) is 5.10 Å². The molecule has 0 spiro atoms. The van der Waals surface area contributed by atoms with Gasteiger partial charge in [0.25, 0.3) is 0 Å². The molecule has 1 aliphatic rings. The topological polar surface area (TPSA) is 56.8 Å². The van der Waals surface area contributed by atoms with Crippen LogP contribution in [0.5, 0.6) is 0 Å². The molecule has 2 N–H and O–H groups in total. The first-order valence-electron chi connectivity index (χ1n) is 5.48. The van der Waals surface area contributed by atoms with Crippen molar-refractivity contribution in [2.45, 2.75) is 38.4 Å². The molecule has 5 heteroatoms. The summed E-state index contributed by atoms with van der Waals surface area (Å²) in [5.74, 6) is 0.914. The predicted octanol–water partition coefficient (Wildman–Crippen LogP) is 0.548. The second kappa shape index (κ2) is 4.28. The quantitative estimate of drug-likeness (QED) is 0.763.